The molecular formula is C12H25NO6P+. The maximum Gasteiger partial charge on any atom is 0.469 e. The second kappa shape index (κ2) is 8.54. The fraction of sp³-hybridized carbons (Fsp3) is 0.750. The van der Waals surface area contributed by atoms with Crippen LogP contribution in [-0.4, -0.2) is 60.6 Å². The number of phosphoric ester groups is 1. The van der Waals surface area contributed by atoms with Crippen molar-refractivity contribution in [2.24, 2.45) is 0 Å². The number of quaternary nitrogens is 1. The molecule has 0 heterocycles. The number of phosphoric acid groups is 1. The fourth-order valence-corrected chi connectivity index (χ4v) is 1.96. The van der Waals surface area contributed by atoms with Gasteiger partial charge < -0.3 is 19.0 Å². The Morgan fingerprint density at radius 1 is 1.35 bits per heavy atom. The summed E-state index contributed by atoms with van der Waals surface area (Å²) >= 11 is 0. The van der Waals surface area contributed by atoms with Crippen LogP contribution in [0.5, 0.6) is 0 Å². The van der Waals surface area contributed by atoms with Crippen LogP contribution in [0.15, 0.2) is 12.7 Å². The van der Waals surface area contributed by atoms with Gasteiger partial charge in [-0.1, -0.05) is 6.58 Å². The Kier molecular flexibility index (Phi) is 8.23. The number of hydrogen-bond acceptors (Lipinski definition) is 4. The minimum Gasteiger partial charge on any atom is -0.463 e. The van der Waals surface area contributed by atoms with E-state index in [1.165, 1.54) is 0 Å². The summed E-state index contributed by atoms with van der Waals surface area (Å²) in [6.45, 7) is 3.60. The van der Waals surface area contributed by atoms with Crippen molar-refractivity contribution in [1.82, 2.24) is 0 Å². The van der Waals surface area contributed by atoms with Crippen molar-refractivity contribution < 1.29 is 32.9 Å². The summed E-state index contributed by atoms with van der Waals surface area (Å²) in [6, 6.07) is -0.0438. The smallest absolute Gasteiger partial charge is 0.463 e. The van der Waals surface area contributed by atoms with Crippen molar-refractivity contribution in [3.05, 3.63) is 12.7 Å². The average Bonchev–Trinajstić information content (AvgIpc) is 2.29. The summed E-state index contributed by atoms with van der Waals surface area (Å²) in [6.07, 6.45) is 3.29. The van der Waals surface area contributed by atoms with Crippen molar-refractivity contribution >= 4 is 13.8 Å². The molecule has 20 heavy (non-hydrogen) atoms. The summed E-state index contributed by atoms with van der Waals surface area (Å²) in [5.41, 5.74) is 0. The third-order valence-electron chi connectivity index (χ3n) is 2.87. The Balaban J connectivity index is 4.09. The molecular weight excluding hydrogens is 285 g/mol. The van der Waals surface area contributed by atoms with Crippen LogP contribution in [0.2, 0.25) is 0 Å². The van der Waals surface area contributed by atoms with E-state index in [4.69, 9.17) is 14.5 Å². The zero-order chi connectivity index (χ0) is 15.8. The molecule has 0 aromatic rings. The highest BCUT2D eigenvalue weighted by atomic mass is 31.2. The van der Waals surface area contributed by atoms with E-state index in [-0.39, 0.29) is 12.6 Å². The Morgan fingerprint density at radius 3 is 2.40 bits per heavy atom. The van der Waals surface area contributed by atoms with E-state index in [0.29, 0.717) is 17.5 Å². The molecule has 0 aliphatic heterocycles. The Bertz CT molecular complexity index is 359. The van der Waals surface area contributed by atoms with Gasteiger partial charge >= 0.3 is 13.8 Å². The van der Waals surface area contributed by atoms with Gasteiger partial charge in [0.05, 0.1) is 27.7 Å². The largest absolute Gasteiger partial charge is 0.469 e. The normalized spacial score (nSPS) is 13.8. The maximum absolute atomic E-state index is 10.8. The summed E-state index contributed by atoms with van der Waals surface area (Å²) < 4.78 is 20.7. The lowest BCUT2D eigenvalue weighted by molar-refractivity contribution is -0.896. The second-order valence-corrected chi connectivity index (χ2v) is 6.66. The highest BCUT2D eigenvalue weighted by Gasteiger charge is 2.27. The second-order valence-electron chi connectivity index (χ2n) is 5.42. The van der Waals surface area contributed by atoms with Crippen LogP contribution in [0, 0.1) is 0 Å². The van der Waals surface area contributed by atoms with E-state index >= 15 is 0 Å². The molecule has 2 N–H and O–H groups in total. The molecule has 0 saturated carbocycles. The SMILES string of the molecule is C=CC(=O)OCCCCC(COP(=O)(O)O)[N+](C)(C)C. The van der Waals surface area contributed by atoms with E-state index in [9.17, 15) is 9.36 Å². The lowest BCUT2D eigenvalue weighted by Crippen LogP contribution is -2.47. The van der Waals surface area contributed by atoms with Gasteiger partial charge in [-0.05, 0) is 12.8 Å². The highest BCUT2D eigenvalue weighted by molar-refractivity contribution is 7.46. The van der Waals surface area contributed by atoms with Crippen LogP contribution in [0.1, 0.15) is 19.3 Å². The molecule has 8 heteroatoms. The highest BCUT2D eigenvalue weighted by Crippen LogP contribution is 2.36. The maximum atomic E-state index is 10.8. The van der Waals surface area contributed by atoms with E-state index in [1.54, 1.807) is 0 Å². The van der Waals surface area contributed by atoms with Crippen molar-refractivity contribution in [2.75, 3.05) is 34.4 Å². The van der Waals surface area contributed by atoms with Crippen molar-refractivity contribution in [2.45, 2.75) is 25.3 Å². The van der Waals surface area contributed by atoms with Gasteiger partial charge in [-0.3, -0.25) is 4.52 Å². The number of ether oxygens (including phenoxy) is 1. The van der Waals surface area contributed by atoms with Gasteiger partial charge in [0.15, 0.2) is 0 Å². The molecule has 1 unspecified atom stereocenters. The summed E-state index contributed by atoms with van der Waals surface area (Å²) in [5, 5.41) is 0. The predicted octanol–water partition coefficient (Wildman–Crippen LogP) is 1.07. The molecule has 0 amide bonds. The van der Waals surface area contributed by atoms with Gasteiger partial charge in [-0.2, -0.15) is 0 Å². The number of likely N-dealkylation sites (N-methyl/N-ethyl adjacent to an activating group) is 1. The van der Waals surface area contributed by atoms with Gasteiger partial charge in [-0.25, -0.2) is 9.36 Å². The van der Waals surface area contributed by atoms with Gasteiger partial charge in [-0.15, -0.1) is 0 Å². The molecule has 0 aliphatic carbocycles. The van der Waals surface area contributed by atoms with Gasteiger partial charge in [0.25, 0.3) is 0 Å². The summed E-state index contributed by atoms with van der Waals surface area (Å²) in [4.78, 5) is 28.3. The molecule has 0 rings (SSSR count). The van der Waals surface area contributed by atoms with E-state index in [1.807, 2.05) is 21.1 Å². The van der Waals surface area contributed by atoms with Crippen LogP contribution >= 0.6 is 7.82 Å². The Morgan fingerprint density at radius 2 is 1.95 bits per heavy atom. The molecule has 0 aromatic heterocycles. The topological polar surface area (TPSA) is 93.1 Å². The monoisotopic (exact) mass is 310 g/mol. The van der Waals surface area contributed by atoms with Crippen LogP contribution in [0.3, 0.4) is 0 Å². The molecule has 0 spiro atoms. The third-order valence-corrected chi connectivity index (χ3v) is 3.36. The minimum absolute atomic E-state index is 0.0137. The van der Waals surface area contributed by atoms with E-state index < -0.39 is 13.8 Å². The fourth-order valence-electron chi connectivity index (χ4n) is 1.59. The summed E-state index contributed by atoms with van der Waals surface area (Å²) in [5.74, 6) is -0.446. The quantitative estimate of drug-likeness (QED) is 0.206. The van der Waals surface area contributed by atoms with Crippen LogP contribution in [0.4, 0.5) is 0 Å². The standard InChI is InChI=1S/C12H24NO6P/c1-5-12(14)18-9-7-6-8-11(13(2,3)4)10-19-20(15,16)17/h5,11H,1,6-10H2,2-4H3,(H-,15,16,17)/p+1. The van der Waals surface area contributed by atoms with Crippen LogP contribution < -0.4 is 0 Å². The average molecular weight is 310 g/mol. The first-order chi connectivity index (χ1) is 9.06. The van der Waals surface area contributed by atoms with Crippen LogP contribution in [-0.2, 0) is 18.6 Å². The van der Waals surface area contributed by atoms with Crippen molar-refractivity contribution in [1.29, 1.82) is 0 Å². The molecule has 0 aliphatic rings. The number of esters is 1. The first-order valence-electron chi connectivity index (χ1n) is 6.36. The Hall–Kier alpha value is -0.720. The molecule has 1 atom stereocenters. The molecule has 0 radical (unpaired) electrons. The van der Waals surface area contributed by atoms with Crippen molar-refractivity contribution in [3.63, 3.8) is 0 Å². The van der Waals surface area contributed by atoms with Gasteiger partial charge in [0.1, 0.15) is 12.6 Å². The van der Waals surface area contributed by atoms with Crippen LogP contribution in [0.25, 0.3) is 0 Å². The number of rotatable bonds is 10. The molecule has 0 fully saturated rings. The Labute approximate surface area is 120 Å². The molecule has 118 valence electrons. The van der Waals surface area contributed by atoms with Crippen molar-refractivity contribution in [3.8, 4) is 0 Å². The molecule has 0 bridgehead atoms. The first-order valence-corrected chi connectivity index (χ1v) is 7.89. The number of nitrogens with zero attached hydrogens (tertiary/aromatic N) is 1. The lowest BCUT2D eigenvalue weighted by atomic mass is 10.1. The van der Waals surface area contributed by atoms with E-state index in [2.05, 4.69) is 11.1 Å². The predicted molar refractivity (Wildman–Crippen MR) is 74.8 cm³/mol. The van der Waals surface area contributed by atoms with E-state index in [0.717, 1.165) is 18.9 Å². The number of unbranched alkanes of at least 4 members (excludes halogenated alkanes) is 1. The number of carbonyl (C=O) groups excluding carboxylic acids is 1. The number of hydrogen-bond donors (Lipinski definition) is 2. The van der Waals surface area contributed by atoms with Gasteiger partial charge in [0.2, 0.25) is 0 Å². The zero-order valence-electron chi connectivity index (χ0n) is 12.3. The van der Waals surface area contributed by atoms with Gasteiger partial charge in [0, 0.05) is 12.5 Å². The molecule has 0 aromatic carbocycles. The first kappa shape index (κ1) is 19.3. The third kappa shape index (κ3) is 10.1. The number of carbonyl (C=O) groups is 1. The minimum atomic E-state index is -4.44. The summed E-state index contributed by atoms with van der Waals surface area (Å²) in [7, 11) is 1.37. The zero-order valence-corrected chi connectivity index (χ0v) is 13.2. The lowest BCUT2D eigenvalue weighted by Gasteiger charge is -2.34. The molecule has 0 saturated heterocycles. The molecule has 7 nitrogen and oxygen atoms in total.